The number of ether oxygens (including phenoxy) is 1. The van der Waals surface area contributed by atoms with E-state index in [0.29, 0.717) is 35.4 Å². The van der Waals surface area contributed by atoms with Gasteiger partial charge in [0.1, 0.15) is 12.4 Å². The van der Waals surface area contributed by atoms with E-state index in [2.05, 4.69) is 5.32 Å². The van der Waals surface area contributed by atoms with Crippen molar-refractivity contribution >= 4 is 29.1 Å². The van der Waals surface area contributed by atoms with Crippen molar-refractivity contribution < 1.29 is 9.53 Å². The summed E-state index contributed by atoms with van der Waals surface area (Å²) in [5.74, 6) is 0.579. The fourth-order valence-corrected chi connectivity index (χ4v) is 2.22. The molecule has 0 bridgehead atoms. The van der Waals surface area contributed by atoms with Crippen LogP contribution in [0.25, 0.3) is 0 Å². The quantitative estimate of drug-likeness (QED) is 0.808. The van der Waals surface area contributed by atoms with Gasteiger partial charge >= 0.3 is 0 Å². The average molecular weight is 338 g/mol. The van der Waals surface area contributed by atoms with Crippen molar-refractivity contribution in [3.05, 3.63) is 63.6 Å². The van der Waals surface area contributed by atoms with Crippen molar-refractivity contribution in [1.29, 1.82) is 0 Å². The maximum atomic E-state index is 11.8. The Morgan fingerprint density at radius 3 is 2.59 bits per heavy atom. The normalized spacial score (nSPS) is 10.3. The number of halogens is 2. The minimum Gasteiger partial charge on any atom is -0.490 e. The van der Waals surface area contributed by atoms with Crippen LogP contribution >= 0.6 is 23.2 Å². The molecule has 2 aromatic carbocycles. The van der Waals surface area contributed by atoms with Gasteiger partial charge in [-0.05, 0) is 42.3 Å². The maximum Gasteiger partial charge on any atom is 0.224 e. The molecule has 0 aliphatic rings. The Morgan fingerprint density at radius 1 is 1.14 bits per heavy atom. The third kappa shape index (κ3) is 5.24. The zero-order valence-electron chi connectivity index (χ0n) is 12.2. The number of nitrogens with one attached hydrogen (secondary N) is 1. The molecule has 0 aromatic heterocycles. The summed E-state index contributed by atoms with van der Waals surface area (Å²) >= 11 is 11.8. The summed E-state index contributed by atoms with van der Waals surface area (Å²) in [6, 6.07) is 12.8. The van der Waals surface area contributed by atoms with Gasteiger partial charge in [-0.2, -0.15) is 0 Å². The molecule has 5 heteroatoms. The summed E-state index contributed by atoms with van der Waals surface area (Å²) in [6.45, 7) is 2.77. The molecule has 116 valence electrons. The summed E-state index contributed by atoms with van der Waals surface area (Å²) in [4.78, 5) is 11.8. The van der Waals surface area contributed by atoms with Gasteiger partial charge in [-0.15, -0.1) is 0 Å². The SMILES string of the molecule is Cc1ccc(Cl)c(OCCNC(=O)Cc2ccc(Cl)cc2)c1. The monoisotopic (exact) mass is 337 g/mol. The van der Waals surface area contributed by atoms with Crippen LogP contribution in [0.3, 0.4) is 0 Å². The molecule has 2 rings (SSSR count). The average Bonchev–Trinajstić information content (AvgIpc) is 2.49. The smallest absolute Gasteiger partial charge is 0.224 e. The lowest BCUT2D eigenvalue weighted by atomic mass is 10.1. The Labute approximate surface area is 140 Å². The lowest BCUT2D eigenvalue weighted by Crippen LogP contribution is -2.29. The third-order valence-electron chi connectivity index (χ3n) is 3.05. The minimum absolute atomic E-state index is 0.0544. The highest BCUT2D eigenvalue weighted by Crippen LogP contribution is 2.24. The van der Waals surface area contributed by atoms with Gasteiger partial charge in [0.2, 0.25) is 5.91 Å². The molecule has 0 saturated carbocycles. The van der Waals surface area contributed by atoms with Gasteiger partial charge in [-0.25, -0.2) is 0 Å². The van der Waals surface area contributed by atoms with Gasteiger partial charge in [-0.3, -0.25) is 4.79 Å². The number of hydrogen-bond donors (Lipinski definition) is 1. The van der Waals surface area contributed by atoms with Crippen LogP contribution in [0, 0.1) is 6.92 Å². The van der Waals surface area contributed by atoms with Crippen molar-refractivity contribution in [2.24, 2.45) is 0 Å². The van der Waals surface area contributed by atoms with Crippen molar-refractivity contribution in [3.63, 3.8) is 0 Å². The predicted octanol–water partition coefficient (Wildman–Crippen LogP) is 4.04. The molecule has 3 nitrogen and oxygen atoms in total. The van der Waals surface area contributed by atoms with Gasteiger partial charge in [0.15, 0.2) is 0 Å². The van der Waals surface area contributed by atoms with Crippen molar-refractivity contribution in [1.82, 2.24) is 5.32 Å². The second kappa shape index (κ2) is 8.06. The Bertz CT molecular complexity index is 642. The van der Waals surface area contributed by atoms with E-state index in [9.17, 15) is 4.79 Å². The van der Waals surface area contributed by atoms with Gasteiger partial charge in [0.25, 0.3) is 0 Å². The van der Waals surface area contributed by atoms with E-state index in [4.69, 9.17) is 27.9 Å². The van der Waals surface area contributed by atoms with Crippen molar-refractivity contribution in [2.45, 2.75) is 13.3 Å². The topological polar surface area (TPSA) is 38.3 Å². The molecule has 22 heavy (non-hydrogen) atoms. The van der Waals surface area contributed by atoms with Gasteiger partial charge in [0.05, 0.1) is 18.0 Å². The molecule has 2 aromatic rings. The van der Waals surface area contributed by atoms with E-state index >= 15 is 0 Å². The first kappa shape index (κ1) is 16.7. The summed E-state index contributed by atoms with van der Waals surface area (Å²) in [7, 11) is 0. The molecule has 0 unspecified atom stereocenters. The molecule has 0 aliphatic heterocycles. The van der Waals surface area contributed by atoms with Crippen LogP contribution in [0.15, 0.2) is 42.5 Å². The van der Waals surface area contributed by atoms with Crippen LogP contribution in [-0.4, -0.2) is 19.1 Å². The van der Waals surface area contributed by atoms with E-state index < -0.39 is 0 Å². The molecule has 0 atom stereocenters. The Balaban J connectivity index is 1.73. The molecule has 0 saturated heterocycles. The summed E-state index contributed by atoms with van der Waals surface area (Å²) in [6.07, 6.45) is 0.322. The highest BCUT2D eigenvalue weighted by molar-refractivity contribution is 6.32. The summed E-state index contributed by atoms with van der Waals surface area (Å²) < 4.78 is 5.57. The number of carbonyl (C=O) groups excluding carboxylic acids is 1. The van der Waals surface area contributed by atoms with Crippen molar-refractivity contribution in [3.8, 4) is 5.75 Å². The molecule has 0 heterocycles. The number of aryl methyl sites for hydroxylation is 1. The summed E-state index contributed by atoms with van der Waals surface area (Å²) in [5, 5.41) is 4.04. The van der Waals surface area contributed by atoms with Crippen molar-refractivity contribution in [2.75, 3.05) is 13.2 Å². The Kier molecular flexibility index (Phi) is 6.10. The first-order chi connectivity index (χ1) is 10.5. The molecule has 0 aliphatic carbocycles. The summed E-state index contributed by atoms with van der Waals surface area (Å²) in [5.41, 5.74) is 2.00. The Morgan fingerprint density at radius 2 is 1.86 bits per heavy atom. The predicted molar refractivity (Wildman–Crippen MR) is 89.8 cm³/mol. The molecule has 0 radical (unpaired) electrons. The second-order valence-corrected chi connectivity index (χ2v) is 5.78. The van der Waals surface area contributed by atoms with Crippen LogP contribution in [0.5, 0.6) is 5.75 Å². The van der Waals surface area contributed by atoms with E-state index in [0.717, 1.165) is 11.1 Å². The lowest BCUT2D eigenvalue weighted by Gasteiger charge is -2.10. The van der Waals surface area contributed by atoms with Gasteiger partial charge in [-0.1, -0.05) is 41.4 Å². The largest absolute Gasteiger partial charge is 0.490 e. The molecule has 1 amide bonds. The van der Waals surface area contributed by atoms with Crippen LogP contribution < -0.4 is 10.1 Å². The zero-order chi connectivity index (χ0) is 15.9. The molecule has 1 N–H and O–H groups in total. The lowest BCUT2D eigenvalue weighted by molar-refractivity contribution is -0.120. The minimum atomic E-state index is -0.0544. The number of carbonyl (C=O) groups is 1. The zero-order valence-corrected chi connectivity index (χ0v) is 13.7. The molecular formula is C17H17Cl2NO2. The highest BCUT2D eigenvalue weighted by atomic mass is 35.5. The Hall–Kier alpha value is -1.71. The fourth-order valence-electron chi connectivity index (χ4n) is 1.92. The molecule has 0 fully saturated rings. The van der Waals surface area contributed by atoms with Gasteiger partial charge < -0.3 is 10.1 Å². The van der Waals surface area contributed by atoms with Crippen LogP contribution in [0.1, 0.15) is 11.1 Å². The number of benzene rings is 2. The van der Waals surface area contributed by atoms with Gasteiger partial charge in [0, 0.05) is 5.02 Å². The molecular weight excluding hydrogens is 321 g/mol. The highest BCUT2D eigenvalue weighted by Gasteiger charge is 2.04. The first-order valence-corrected chi connectivity index (χ1v) is 7.70. The van der Waals surface area contributed by atoms with E-state index in [-0.39, 0.29) is 5.91 Å². The van der Waals surface area contributed by atoms with E-state index in [1.807, 2.05) is 31.2 Å². The second-order valence-electron chi connectivity index (χ2n) is 4.94. The first-order valence-electron chi connectivity index (χ1n) is 6.94. The number of rotatable bonds is 6. The van der Waals surface area contributed by atoms with Crippen LogP contribution in [0.2, 0.25) is 10.0 Å². The number of amides is 1. The molecule has 0 spiro atoms. The van der Waals surface area contributed by atoms with Crippen LogP contribution in [0.4, 0.5) is 0 Å². The third-order valence-corrected chi connectivity index (χ3v) is 3.61. The fraction of sp³-hybridized carbons (Fsp3) is 0.235. The van der Waals surface area contributed by atoms with E-state index in [1.54, 1.807) is 18.2 Å². The maximum absolute atomic E-state index is 11.8. The number of hydrogen-bond acceptors (Lipinski definition) is 2. The van der Waals surface area contributed by atoms with E-state index in [1.165, 1.54) is 0 Å². The van der Waals surface area contributed by atoms with Crippen LogP contribution in [-0.2, 0) is 11.2 Å². The standard InChI is InChI=1S/C17H17Cl2NO2/c1-12-2-7-15(19)16(10-12)22-9-8-20-17(21)11-13-3-5-14(18)6-4-13/h2-7,10H,8-9,11H2,1H3,(H,20,21).